The molecule has 0 saturated heterocycles. The van der Waals surface area contributed by atoms with Gasteiger partial charge in [-0.15, -0.1) is 0 Å². The van der Waals surface area contributed by atoms with E-state index in [2.05, 4.69) is 10.9 Å². The lowest BCUT2D eigenvalue weighted by molar-refractivity contribution is -0.121. The van der Waals surface area contributed by atoms with E-state index in [9.17, 15) is 18.4 Å². The monoisotopic (exact) mass is 358 g/mol. The molecular weight excluding hydrogens is 349 g/mol. The summed E-state index contributed by atoms with van der Waals surface area (Å²) in [5.41, 5.74) is 4.66. The summed E-state index contributed by atoms with van der Waals surface area (Å²) in [6.07, 6.45) is -0.0662. The number of amides is 2. The summed E-state index contributed by atoms with van der Waals surface area (Å²) < 4.78 is 26.1. The van der Waals surface area contributed by atoms with Gasteiger partial charge in [-0.1, -0.05) is 35.3 Å². The van der Waals surface area contributed by atoms with Gasteiger partial charge in [-0.25, -0.2) is 8.78 Å². The van der Waals surface area contributed by atoms with E-state index in [1.165, 1.54) is 24.3 Å². The molecule has 4 nitrogen and oxygen atoms in total. The fourth-order valence-corrected chi connectivity index (χ4v) is 2.19. The fraction of sp³-hybridized carbons (Fsp3) is 0.0667. The Kier molecular flexibility index (Phi) is 5.52. The normalized spacial score (nSPS) is 10.3. The van der Waals surface area contributed by atoms with Crippen LogP contribution in [0.5, 0.6) is 0 Å². The van der Waals surface area contributed by atoms with Crippen molar-refractivity contribution in [2.75, 3.05) is 0 Å². The molecule has 2 rings (SSSR count). The number of rotatable bonds is 3. The molecule has 0 unspecified atom stereocenters. The van der Waals surface area contributed by atoms with Crippen LogP contribution in [0, 0.1) is 11.6 Å². The molecule has 2 amide bonds. The van der Waals surface area contributed by atoms with Crippen LogP contribution in [0.2, 0.25) is 10.0 Å². The van der Waals surface area contributed by atoms with Gasteiger partial charge in [-0.05, 0) is 29.8 Å². The predicted octanol–water partition coefficient (Wildman–Crippen LogP) is 3.28. The Morgan fingerprint density at radius 1 is 0.957 bits per heavy atom. The Morgan fingerprint density at radius 2 is 1.61 bits per heavy atom. The SMILES string of the molecule is O=C(Cc1ccc(F)cc1)NNC(=O)c1cc(F)c(Cl)cc1Cl. The molecule has 0 saturated carbocycles. The summed E-state index contributed by atoms with van der Waals surface area (Å²) in [5, 5.41) is -0.270. The van der Waals surface area contributed by atoms with E-state index in [4.69, 9.17) is 23.2 Å². The molecule has 0 heterocycles. The maximum atomic E-state index is 13.3. The highest BCUT2D eigenvalue weighted by Crippen LogP contribution is 2.24. The maximum Gasteiger partial charge on any atom is 0.271 e. The van der Waals surface area contributed by atoms with E-state index < -0.39 is 23.4 Å². The minimum absolute atomic E-state index is 0.0540. The molecule has 23 heavy (non-hydrogen) atoms. The molecule has 2 N–H and O–H groups in total. The number of carbonyl (C=O) groups excluding carboxylic acids is 2. The first kappa shape index (κ1) is 17.2. The second kappa shape index (κ2) is 7.39. The second-order valence-electron chi connectivity index (χ2n) is 4.55. The van der Waals surface area contributed by atoms with Crippen LogP contribution in [0.15, 0.2) is 36.4 Å². The smallest absolute Gasteiger partial charge is 0.271 e. The molecule has 0 fully saturated rings. The van der Waals surface area contributed by atoms with Gasteiger partial charge >= 0.3 is 0 Å². The molecule has 2 aromatic carbocycles. The Balaban J connectivity index is 1.95. The van der Waals surface area contributed by atoms with E-state index in [-0.39, 0.29) is 22.0 Å². The van der Waals surface area contributed by atoms with Crippen LogP contribution in [0.3, 0.4) is 0 Å². The number of halogens is 4. The standard InChI is InChI=1S/C15H10Cl2F2N2O2/c16-11-7-12(17)13(19)6-10(11)15(23)21-20-14(22)5-8-1-3-9(18)4-2-8/h1-4,6-7H,5H2,(H,20,22)(H,21,23). The van der Waals surface area contributed by atoms with E-state index in [0.717, 1.165) is 12.1 Å². The predicted molar refractivity (Wildman–Crippen MR) is 82.1 cm³/mol. The Hall–Kier alpha value is -2.18. The summed E-state index contributed by atoms with van der Waals surface area (Å²) in [7, 11) is 0. The number of hydrazine groups is 1. The van der Waals surface area contributed by atoms with Gasteiger partial charge in [0.1, 0.15) is 11.6 Å². The molecule has 0 atom stereocenters. The number of carbonyl (C=O) groups is 2. The molecule has 0 bridgehead atoms. The van der Waals surface area contributed by atoms with Gasteiger partial charge in [-0.2, -0.15) is 0 Å². The summed E-state index contributed by atoms with van der Waals surface area (Å²) in [6.45, 7) is 0. The van der Waals surface area contributed by atoms with Crippen LogP contribution in [0.25, 0.3) is 0 Å². The lowest BCUT2D eigenvalue weighted by atomic mass is 10.1. The highest BCUT2D eigenvalue weighted by molar-refractivity contribution is 6.36. The van der Waals surface area contributed by atoms with Gasteiger partial charge in [0.2, 0.25) is 5.91 Å². The van der Waals surface area contributed by atoms with Crippen molar-refractivity contribution in [3.63, 3.8) is 0 Å². The zero-order valence-electron chi connectivity index (χ0n) is 11.5. The number of hydrogen-bond donors (Lipinski definition) is 2. The quantitative estimate of drug-likeness (QED) is 0.653. The van der Waals surface area contributed by atoms with Crippen LogP contribution in [0.4, 0.5) is 8.78 Å². The largest absolute Gasteiger partial charge is 0.273 e. The van der Waals surface area contributed by atoms with E-state index in [1.807, 2.05) is 0 Å². The van der Waals surface area contributed by atoms with Gasteiger partial charge in [0.05, 0.1) is 22.0 Å². The van der Waals surface area contributed by atoms with E-state index in [0.29, 0.717) is 5.56 Å². The van der Waals surface area contributed by atoms with Gasteiger partial charge in [0.15, 0.2) is 0 Å². The van der Waals surface area contributed by atoms with E-state index >= 15 is 0 Å². The Bertz CT molecular complexity index is 752. The first-order chi connectivity index (χ1) is 10.9. The summed E-state index contributed by atoms with van der Waals surface area (Å²) in [5.74, 6) is -2.55. The van der Waals surface area contributed by atoms with E-state index in [1.54, 1.807) is 0 Å². The molecule has 0 radical (unpaired) electrons. The maximum absolute atomic E-state index is 13.3. The molecular formula is C15H10Cl2F2N2O2. The van der Waals surface area contributed by atoms with Crippen LogP contribution < -0.4 is 10.9 Å². The highest BCUT2D eigenvalue weighted by Gasteiger charge is 2.15. The van der Waals surface area contributed by atoms with Crippen molar-refractivity contribution in [1.29, 1.82) is 0 Å². The van der Waals surface area contributed by atoms with Crippen molar-refractivity contribution in [2.45, 2.75) is 6.42 Å². The summed E-state index contributed by atoms with van der Waals surface area (Å²) in [6, 6.07) is 7.29. The van der Waals surface area contributed by atoms with Crippen LogP contribution in [-0.2, 0) is 11.2 Å². The van der Waals surface area contributed by atoms with Crippen molar-refractivity contribution in [1.82, 2.24) is 10.9 Å². The average Bonchev–Trinajstić information content (AvgIpc) is 2.51. The second-order valence-corrected chi connectivity index (χ2v) is 5.37. The molecule has 0 spiro atoms. The van der Waals surface area contributed by atoms with Crippen molar-refractivity contribution < 1.29 is 18.4 Å². The molecule has 8 heteroatoms. The molecule has 120 valence electrons. The van der Waals surface area contributed by atoms with Gasteiger partial charge in [0, 0.05) is 0 Å². The fourth-order valence-electron chi connectivity index (χ4n) is 1.72. The minimum Gasteiger partial charge on any atom is -0.273 e. The number of benzene rings is 2. The highest BCUT2D eigenvalue weighted by atomic mass is 35.5. The molecule has 0 aliphatic carbocycles. The zero-order valence-corrected chi connectivity index (χ0v) is 13.0. The third kappa shape index (κ3) is 4.64. The first-order valence-corrected chi connectivity index (χ1v) is 7.10. The van der Waals surface area contributed by atoms with Crippen molar-refractivity contribution in [3.05, 3.63) is 69.2 Å². The number of hydrogen-bond acceptors (Lipinski definition) is 2. The first-order valence-electron chi connectivity index (χ1n) is 6.35. The third-order valence-electron chi connectivity index (χ3n) is 2.85. The number of nitrogens with one attached hydrogen (secondary N) is 2. The topological polar surface area (TPSA) is 58.2 Å². The van der Waals surface area contributed by atoms with Gasteiger partial charge < -0.3 is 0 Å². The van der Waals surface area contributed by atoms with Crippen LogP contribution in [0.1, 0.15) is 15.9 Å². The summed E-state index contributed by atoms with van der Waals surface area (Å²) in [4.78, 5) is 23.6. The lowest BCUT2D eigenvalue weighted by Crippen LogP contribution is -2.42. The molecule has 0 aliphatic rings. The van der Waals surface area contributed by atoms with Crippen LogP contribution >= 0.6 is 23.2 Å². The van der Waals surface area contributed by atoms with Gasteiger partial charge in [0.25, 0.3) is 5.91 Å². The minimum atomic E-state index is -0.807. The third-order valence-corrected chi connectivity index (χ3v) is 3.45. The Morgan fingerprint density at radius 3 is 2.26 bits per heavy atom. The van der Waals surface area contributed by atoms with Crippen LogP contribution in [-0.4, -0.2) is 11.8 Å². The van der Waals surface area contributed by atoms with Crippen molar-refractivity contribution >= 4 is 35.0 Å². The summed E-state index contributed by atoms with van der Waals surface area (Å²) >= 11 is 11.3. The van der Waals surface area contributed by atoms with Gasteiger partial charge in [-0.3, -0.25) is 20.4 Å². The molecule has 2 aromatic rings. The van der Waals surface area contributed by atoms with Crippen molar-refractivity contribution in [2.24, 2.45) is 0 Å². The average molecular weight is 359 g/mol. The molecule has 0 aliphatic heterocycles. The Labute approximate surface area is 140 Å². The molecule has 0 aromatic heterocycles. The van der Waals surface area contributed by atoms with Crippen molar-refractivity contribution in [3.8, 4) is 0 Å². The zero-order chi connectivity index (χ0) is 17.0. The lowest BCUT2D eigenvalue weighted by Gasteiger charge is -2.09.